The van der Waals surface area contributed by atoms with E-state index in [9.17, 15) is 4.79 Å². The van der Waals surface area contributed by atoms with E-state index in [1.807, 2.05) is 13.1 Å². The van der Waals surface area contributed by atoms with Gasteiger partial charge in [0.25, 0.3) is 0 Å². The van der Waals surface area contributed by atoms with Crippen LogP contribution in [0.3, 0.4) is 0 Å². The first-order valence-corrected chi connectivity index (χ1v) is 4.50. The van der Waals surface area contributed by atoms with Crippen LogP contribution in [0.25, 0.3) is 11.0 Å². The molecule has 15 heavy (non-hydrogen) atoms. The SMILES string of the molecule is CC(=O)c1cn(C)c2nc(C#N)ccc12. The summed E-state index contributed by atoms with van der Waals surface area (Å²) in [4.78, 5) is 15.5. The number of rotatable bonds is 1. The van der Waals surface area contributed by atoms with Gasteiger partial charge < -0.3 is 4.57 Å². The Kier molecular flexibility index (Phi) is 2.01. The van der Waals surface area contributed by atoms with Gasteiger partial charge in [0.15, 0.2) is 5.78 Å². The van der Waals surface area contributed by atoms with Crippen LogP contribution < -0.4 is 0 Å². The number of hydrogen-bond acceptors (Lipinski definition) is 3. The summed E-state index contributed by atoms with van der Waals surface area (Å²) in [6, 6.07) is 5.36. The molecule has 0 N–H and O–H groups in total. The van der Waals surface area contributed by atoms with Crippen LogP contribution in [0.1, 0.15) is 23.0 Å². The summed E-state index contributed by atoms with van der Waals surface area (Å²) in [5, 5.41) is 9.51. The van der Waals surface area contributed by atoms with Gasteiger partial charge in [-0.05, 0) is 19.1 Å². The minimum absolute atomic E-state index is 0.00658. The van der Waals surface area contributed by atoms with Gasteiger partial charge in [-0.3, -0.25) is 4.79 Å². The molecule has 0 aliphatic rings. The summed E-state index contributed by atoms with van der Waals surface area (Å²) in [5.74, 6) is 0.00658. The number of pyridine rings is 1. The molecule has 0 saturated carbocycles. The number of fused-ring (bicyclic) bond motifs is 1. The van der Waals surface area contributed by atoms with Crippen molar-refractivity contribution in [1.82, 2.24) is 9.55 Å². The Balaban J connectivity index is 2.82. The van der Waals surface area contributed by atoms with Crippen LogP contribution in [0, 0.1) is 11.3 Å². The lowest BCUT2D eigenvalue weighted by molar-refractivity contribution is 0.101. The van der Waals surface area contributed by atoms with Gasteiger partial charge in [0.1, 0.15) is 17.4 Å². The van der Waals surface area contributed by atoms with Gasteiger partial charge in [-0.1, -0.05) is 0 Å². The lowest BCUT2D eigenvalue weighted by Crippen LogP contribution is -1.89. The third-order valence-corrected chi connectivity index (χ3v) is 2.32. The van der Waals surface area contributed by atoms with Crippen molar-refractivity contribution in [3.05, 3.63) is 29.6 Å². The van der Waals surface area contributed by atoms with Crippen LogP contribution in [-0.2, 0) is 7.05 Å². The Morgan fingerprint density at radius 3 is 2.87 bits per heavy atom. The Morgan fingerprint density at radius 2 is 2.27 bits per heavy atom. The standard InChI is InChI=1S/C11H9N3O/c1-7(15)10-6-14(2)11-9(10)4-3-8(5-12)13-11/h3-4,6H,1-2H3. The highest BCUT2D eigenvalue weighted by molar-refractivity contribution is 6.06. The fourth-order valence-corrected chi connectivity index (χ4v) is 1.59. The van der Waals surface area contributed by atoms with Gasteiger partial charge in [0.05, 0.1) is 0 Å². The van der Waals surface area contributed by atoms with Crippen molar-refractivity contribution in [2.75, 3.05) is 0 Å². The van der Waals surface area contributed by atoms with Crippen LogP contribution in [0.2, 0.25) is 0 Å². The minimum atomic E-state index is 0.00658. The van der Waals surface area contributed by atoms with E-state index < -0.39 is 0 Å². The Hall–Kier alpha value is -2.15. The Morgan fingerprint density at radius 1 is 1.53 bits per heavy atom. The van der Waals surface area contributed by atoms with Gasteiger partial charge in [-0.2, -0.15) is 5.26 Å². The zero-order valence-electron chi connectivity index (χ0n) is 8.48. The molecule has 4 heteroatoms. The second-order valence-corrected chi connectivity index (χ2v) is 3.39. The van der Waals surface area contributed by atoms with E-state index in [0.29, 0.717) is 16.9 Å². The number of aromatic nitrogens is 2. The van der Waals surface area contributed by atoms with Crippen LogP contribution in [0.4, 0.5) is 0 Å². The molecule has 4 nitrogen and oxygen atoms in total. The second kappa shape index (κ2) is 3.21. The van der Waals surface area contributed by atoms with E-state index in [0.717, 1.165) is 5.39 Å². The van der Waals surface area contributed by atoms with E-state index >= 15 is 0 Å². The van der Waals surface area contributed by atoms with Crippen molar-refractivity contribution in [3.63, 3.8) is 0 Å². The maximum atomic E-state index is 11.3. The molecule has 0 aliphatic carbocycles. The van der Waals surface area contributed by atoms with Crippen LogP contribution in [-0.4, -0.2) is 15.3 Å². The van der Waals surface area contributed by atoms with Gasteiger partial charge in [-0.25, -0.2) is 4.98 Å². The van der Waals surface area contributed by atoms with Crippen molar-refractivity contribution in [3.8, 4) is 6.07 Å². The molecule has 0 spiro atoms. The molecule has 0 aromatic carbocycles. The number of hydrogen-bond donors (Lipinski definition) is 0. The average Bonchev–Trinajstić information content (AvgIpc) is 2.56. The number of carbonyl (C=O) groups is 1. The molecular weight excluding hydrogens is 190 g/mol. The quantitative estimate of drug-likeness (QED) is 0.656. The van der Waals surface area contributed by atoms with Gasteiger partial charge in [0, 0.05) is 24.2 Å². The maximum absolute atomic E-state index is 11.3. The smallest absolute Gasteiger partial charge is 0.162 e. The molecule has 74 valence electrons. The summed E-state index contributed by atoms with van der Waals surface area (Å²) in [5.41, 5.74) is 1.67. The highest BCUT2D eigenvalue weighted by Crippen LogP contribution is 2.19. The number of carbonyl (C=O) groups excluding carboxylic acids is 1. The molecule has 0 bridgehead atoms. The summed E-state index contributed by atoms with van der Waals surface area (Å²) in [7, 11) is 1.81. The third-order valence-electron chi connectivity index (χ3n) is 2.32. The van der Waals surface area contributed by atoms with Crippen molar-refractivity contribution in [1.29, 1.82) is 5.26 Å². The fourth-order valence-electron chi connectivity index (χ4n) is 1.59. The van der Waals surface area contributed by atoms with Gasteiger partial charge >= 0.3 is 0 Å². The number of nitriles is 1. The number of nitrogens with zero attached hydrogens (tertiary/aromatic N) is 3. The third kappa shape index (κ3) is 1.38. The van der Waals surface area contributed by atoms with Crippen molar-refractivity contribution in [2.24, 2.45) is 7.05 Å². The number of ketones is 1. The lowest BCUT2D eigenvalue weighted by Gasteiger charge is -1.94. The van der Waals surface area contributed by atoms with Crippen molar-refractivity contribution >= 4 is 16.8 Å². The molecule has 2 aromatic rings. The van der Waals surface area contributed by atoms with Gasteiger partial charge in [-0.15, -0.1) is 0 Å². The Labute approximate surface area is 86.8 Å². The van der Waals surface area contributed by atoms with Crippen LogP contribution >= 0.6 is 0 Å². The van der Waals surface area contributed by atoms with Gasteiger partial charge in [0.2, 0.25) is 0 Å². The zero-order chi connectivity index (χ0) is 11.0. The molecule has 0 unspecified atom stereocenters. The summed E-state index contributed by atoms with van der Waals surface area (Å²) < 4.78 is 1.76. The normalized spacial score (nSPS) is 10.2. The molecule has 0 radical (unpaired) electrons. The van der Waals surface area contributed by atoms with E-state index in [-0.39, 0.29) is 5.78 Å². The van der Waals surface area contributed by atoms with Crippen LogP contribution in [0.15, 0.2) is 18.3 Å². The first kappa shape index (κ1) is 9.41. The Bertz CT molecular complexity index is 590. The lowest BCUT2D eigenvalue weighted by atomic mass is 10.1. The predicted octanol–water partition coefficient (Wildman–Crippen LogP) is 1.65. The fraction of sp³-hybridized carbons (Fsp3) is 0.182. The maximum Gasteiger partial charge on any atom is 0.162 e. The van der Waals surface area contributed by atoms with E-state index in [1.54, 1.807) is 22.9 Å². The largest absolute Gasteiger partial charge is 0.335 e. The molecule has 0 atom stereocenters. The predicted molar refractivity (Wildman–Crippen MR) is 55.4 cm³/mol. The summed E-state index contributed by atoms with van der Waals surface area (Å²) in [6.07, 6.45) is 1.74. The molecule has 2 aromatic heterocycles. The second-order valence-electron chi connectivity index (χ2n) is 3.39. The van der Waals surface area contributed by atoms with Crippen molar-refractivity contribution in [2.45, 2.75) is 6.92 Å². The summed E-state index contributed by atoms with van der Waals surface area (Å²) in [6.45, 7) is 1.52. The molecule has 0 saturated heterocycles. The molecular formula is C11H9N3O. The zero-order valence-corrected chi connectivity index (χ0v) is 8.48. The highest BCUT2D eigenvalue weighted by Gasteiger charge is 2.11. The molecule has 0 amide bonds. The summed E-state index contributed by atoms with van der Waals surface area (Å²) >= 11 is 0. The first-order chi connectivity index (χ1) is 7.13. The van der Waals surface area contributed by atoms with Crippen molar-refractivity contribution < 1.29 is 4.79 Å². The highest BCUT2D eigenvalue weighted by atomic mass is 16.1. The topological polar surface area (TPSA) is 58.7 Å². The number of Topliss-reactive ketones (excluding diaryl/α,β-unsaturated/α-hetero) is 1. The minimum Gasteiger partial charge on any atom is -0.335 e. The van der Waals surface area contributed by atoms with E-state index in [2.05, 4.69) is 4.98 Å². The monoisotopic (exact) mass is 199 g/mol. The van der Waals surface area contributed by atoms with Crippen LogP contribution in [0.5, 0.6) is 0 Å². The van der Waals surface area contributed by atoms with E-state index in [4.69, 9.17) is 5.26 Å². The molecule has 0 aliphatic heterocycles. The first-order valence-electron chi connectivity index (χ1n) is 4.50. The number of aryl methyl sites for hydroxylation is 1. The van der Waals surface area contributed by atoms with E-state index in [1.165, 1.54) is 6.92 Å². The molecule has 0 fully saturated rings. The molecule has 2 heterocycles. The molecule has 2 rings (SSSR count). The average molecular weight is 199 g/mol.